The van der Waals surface area contributed by atoms with Crippen molar-refractivity contribution in [1.82, 2.24) is 0 Å². The molecular weight excluding hydrogens is 336 g/mol. The molecule has 0 saturated carbocycles. The lowest BCUT2D eigenvalue weighted by atomic mass is 10.0. The van der Waals surface area contributed by atoms with Gasteiger partial charge in [-0.05, 0) is 18.1 Å². The molecule has 0 aromatic heterocycles. The summed E-state index contributed by atoms with van der Waals surface area (Å²) in [6.07, 6.45) is 0. The quantitative estimate of drug-likeness (QED) is 0.642. The van der Waals surface area contributed by atoms with Gasteiger partial charge in [0.25, 0.3) is 0 Å². The van der Waals surface area contributed by atoms with Crippen LogP contribution in [0.5, 0.6) is 0 Å². The number of carbonyl (C=O) groups is 2. The van der Waals surface area contributed by atoms with Gasteiger partial charge in [-0.2, -0.15) is 0 Å². The number of benzene rings is 2. The number of thioether (sulfide) groups is 2. The van der Waals surface area contributed by atoms with Gasteiger partial charge in [-0.15, -0.1) is 0 Å². The first-order valence-electron chi connectivity index (χ1n) is 8.00. The number of carbonyl (C=O) groups excluding carboxylic acids is 2. The fourth-order valence-electron chi connectivity index (χ4n) is 2.31. The van der Waals surface area contributed by atoms with Crippen molar-refractivity contribution < 1.29 is 9.59 Å². The van der Waals surface area contributed by atoms with Gasteiger partial charge in [0.1, 0.15) is 0 Å². The van der Waals surface area contributed by atoms with Crippen LogP contribution in [0.2, 0.25) is 0 Å². The Kier molecular flexibility index (Phi) is 7.13. The second-order valence-electron chi connectivity index (χ2n) is 5.71. The summed E-state index contributed by atoms with van der Waals surface area (Å²) >= 11 is 2.49. The first-order chi connectivity index (χ1) is 11.5. The Labute approximate surface area is 152 Å². The highest BCUT2D eigenvalue weighted by Crippen LogP contribution is 2.33. The maximum Gasteiger partial charge on any atom is 0.197 e. The van der Waals surface area contributed by atoms with Gasteiger partial charge in [0.15, 0.2) is 10.2 Å². The van der Waals surface area contributed by atoms with Crippen molar-refractivity contribution >= 4 is 33.8 Å². The minimum atomic E-state index is -0.166. The highest BCUT2D eigenvalue weighted by molar-refractivity contribution is 8.29. The fourth-order valence-corrected chi connectivity index (χ4v) is 4.41. The van der Waals surface area contributed by atoms with Crippen LogP contribution in [0, 0.1) is 0 Å². The van der Waals surface area contributed by atoms with E-state index < -0.39 is 0 Å². The number of rotatable bonds is 6. The van der Waals surface area contributed by atoms with Gasteiger partial charge in [0, 0.05) is 0 Å². The second-order valence-corrected chi connectivity index (χ2v) is 8.69. The summed E-state index contributed by atoms with van der Waals surface area (Å²) < 4.78 is -0.0951. The van der Waals surface area contributed by atoms with E-state index in [1.165, 1.54) is 23.5 Å². The van der Waals surface area contributed by atoms with E-state index >= 15 is 0 Å². The predicted molar refractivity (Wildman–Crippen MR) is 104 cm³/mol. The average molecular weight is 359 g/mol. The van der Waals surface area contributed by atoms with E-state index in [0.717, 1.165) is 11.1 Å². The van der Waals surface area contributed by atoms with Crippen LogP contribution in [0.15, 0.2) is 60.7 Å². The normalized spacial score (nSPS) is 14.6. The zero-order valence-corrected chi connectivity index (χ0v) is 15.8. The van der Waals surface area contributed by atoms with Gasteiger partial charge < -0.3 is 0 Å². The Morgan fingerprint density at radius 2 is 1.00 bits per heavy atom. The number of hydrogen-bond donors (Lipinski definition) is 0. The summed E-state index contributed by atoms with van der Waals surface area (Å²) in [6.45, 7) is 5.74. The Hall–Kier alpha value is -1.52. The van der Waals surface area contributed by atoms with Crippen molar-refractivity contribution in [2.24, 2.45) is 0 Å². The second kappa shape index (κ2) is 9.09. The largest absolute Gasteiger partial charge is 0.286 e. The van der Waals surface area contributed by atoms with Crippen LogP contribution in [0.3, 0.4) is 0 Å². The summed E-state index contributed by atoms with van der Waals surface area (Å²) in [5, 5.41) is 0.197. The Bertz CT molecular complexity index is 611. The summed E-state index contributed by atoms with van der Waals surface area (Å²) in [5.41, 5.74) is 2.02. The molecule has 126 valence electrons. The van der Waals surface area contributed by atoms with Crippen LogP contribution in [0.1, 0.15) is 43.7 Å². The summed E-state index contributed by atoms with van der Waals surface area (Å²) in [7, 11) is 0. The van der Waals surface area contributed by atoms with Crippen LogP contribution in [-0.2, 0) is 9.59 Å². The monoisotopic (exact) mass is 358 g/mol. The highest BCUT2D eigenvalue weighted by atomic mass is 32.2. The molecule has 0 saturated heterocycles. The first-order valence-corrected chi connectivity index (χ1v) is 9.76. The third-order valence-electron chi connectivity index (χ3n) is 3.87. The highest BCUT2D eigenvalue weighted by Gasteiger charge is 2.23. The summed E-state index contributed by atoms with van der Waals surface area (Å²) in [4.78, 5) is 24.8. The van der Waals surface area contributed by atoms with E-state index in [4.69, 9.17) is 0 Å². The van der Waals surface area contributed by atoms with E-state index in [1.807, 2.05) is 81.4 Å². The Morgan fingerprint density at radius 3 is 1.33 bits per heavy atom. The SMILES string of the molecule is CC(SC(=O)C(C)c1ccccc1)SC(=O)C(C)c1ccccc1. The molecule has 2 nitrogen and oxygen atoms in total. The van der Waals surface area contributed by atoms with E-state index in [2.05, 4.69) is 0 Å². The molecule has 0 bridgehead atoms. The molecule has 2 aromatic carbocycles. The van der Waals surface area contributed by atoms with Crippen molar-refractivity contribution in [3.8, 4) is 0 Å². The topological polar surface area (TPSA) is 34.1 Å². The molecule has 0 N–H and O–H groups in total. The lowest BCUT2D eigenvalue weighted by Crippen LogP contribution is -2.12. The molecular formula is C20H22O2S2. The smallest absolute Gasteiger partial charge is 0.197 e. The molecule has 0 aliphatic heterocycles. The third kappa shape index (κ3) is 5.25. The van der Waals surface area contributed by atoms with Crippen LogP contribution >= 0.6 is 23.5 Å². The molecule has 2 atom stereocenters. The lowest BCUT2D eigenvalue weighted by molar-refractivity contribution is -0.112. The molecule has 0 fully saturated rings. The van der Waals surface area contributed by atoms with Gasteiger partial charge in [-0.1, -0.05) is 98.0 Å². The van der Waals surface area contributed by atoms with E-state index in [0.29, 0.717) is 0 Å². The molecule has 0 heterocycles. The molecule has 2 unspecified atom stereocenters. The Morgan fingerprint density at radius 1 is 0.667 bits per heavy atom. The molecule has 24 heavy (non-hydrogen) atoms. The van der Waals surface area contributed by atoms with Gasteiger partial charge in [0.05, 0.1) is 16.4 Å². The standard InChI is InChI=1S/C20H22O2S2/c1-14(17-10-6-4-7-11-17)19(21)23-16(3)24-20(22)15(2)18-12-8-5-9-13-18/h4-16H,1-3H3. The lowest BCUT2D eigenvalue weighted by Gasteiger charge is -2.16. The van der Waals surface area contributed by atoms with Crippen LogP contribution < -0.4 is 0 Å². The van der Waals surface area contributed by atoms with E-state index in [1.54, 1.807) is 0 Å². The average Bonchev–Trinajstić information content (AvgIpc) is 2.61. The summed E-state index contributed by atoms with van der Waals surface area (Å²) in [6, 6.07) is 19.5. The molecule has 4 heteroatoms. The van der Waals surface area contributed by atoms with Crippen molar-refractivity contribution in [1.29, 1.82) is 0 Å². The molecule has 0 spiro atoms. The van der Waals surface area contributed by atoms with E-state index in [-0.39, 0.29) is 26.6 Å². The molecule has 0 aliphatic rings. The van der Waals surface area contributed by atoms with Gasteiger partial charge in [0.2, 0.25) is 0 Å². The predicted octanol–water partition coefficient (Wildman–Crippen LogP) is 5.46. The van der Waals surface area contributed by atoms with Crippen LogP contribution in [0.25, 0.3) is 0 Å². The van der Waals surface area contributed by atoms with Crippen LogP contribution in [0.4, 0.5) is 0 Å². The summed E-state index contributed by atoms with van der Waals surface area (Å²) in [5.74, 6) is -0.332. The first kappa shape index (κ1) is 18.8. The number of hydrogen-bond acceptors (Lipinski definition) is 4. The zero-order valence-electron chi connectivity index (χ0n) is 14.1. The minimum Gasteiger partial charge on any atom is -0.286 e. The third-order valence-corrected chi connectivity index (χ3v) is 6.28. The van der Waals surface area contributed by atoms with Crippen molar-refractivity contribution in [2.45, 2.75) is 37.2 Å². The molecule has 2 rings (SSSR count). The molecule has 0 amide bonds. The van der Waals surface area contributed by atoms with Gasteiger partial charge in [-0.25, -0.2) is 0 Å². The van der Waals surface area contributed by atoms with Crippen molar-refractivity contribution in [3.05, 3.63) is 71.8 Å². The molecule has 2 aromatic rings. The van der Waals surface area contributed by atoms with Gasteiger partial charge >= 0.3 is 0 Å². The van der Waals surface area contributed by atoms with Crippen molar-refractivity contribution in [2.75, 3.05) is 0 Å². The van der Waals surface area contributed by atoms with Crippen molar-refractivity contribution in [3.63, 3.8) is 0 Å². The van der Waals surface area contributed by atoms with E-state index in [9.17, 15) is 9.59 Å². The molecule has 0 aliphatic carbocycles. The maximum absolute atomic E-state index is 12.4. The minimum absolute atomic E-state index is 0.0951. The molecule has 0 radical (unpaired) electrons. The van der Waals surface area contributed by atoms with Gasteiger partial charge in [-0.3, -0.25) is 9.59 Å². The maximum atomic E-state index is 12.4. The van der Waals surface area contributed by atoms with Crippen LogP contribution in [-0.4, -0.2) is 14.8 Å². The zero-order chi connectivity index (χ0) is 17.5. The fraction of sp³-hybridized carbons (Fsp3) is 0.300. The Balaban J connectivity index is 1.89.